The summed E-state index contributed by atoms with van der Waals surface area (Å²) in [6.45, 7) is 6.88. The molecule has 3 atom stereocenters. The van der Waals surface area contributed by atoms with E-state index >= 15 is 0 Å². The molecule has 0 saturated heterocycles. The van der Waals surface area contributed by atoms with Crippen molar-refractivity contribution in [3.05, 3.63) is 0 Å². The smallest absolute Gasteiger partial charge is 0.0973 e. The summed E-state index contributed by atoms with van der Waals surface area (Å²) in [5, 5.41) is 9.74. The van der Waals surface area contributed by atoms with Gasteiger partial charge in [-0.1, -0.05) is 13.8 Å². The molecule has 1 aliphatic rings. The molecule has 90 valence electrons. The first-order chi connectivity index (χ1) is 6.93. The van der Waals surface area contributed by atoms with Crippen molar-refractivity contribution >= 4 is 0 Å². The molecule has 1 rings (SSSR count). The highest BCUT2D eigenvalue weighted by molar-refractivity contribution is 4.78. The van der Waals surface area contributed by atoms with Crippen LogP contribution in [0.25, 0.3) is 0 Å². The van der Waals surface area contributed by atoms with Crippen LogP contribution in [0.2, 0.25) is 0 Å². The van der Waals surface area contributed by atoms with Crippen LogP contribution in [0.15, 0.2) is 0 Å². The summed E-state index contributed by atoms with van der Waals surface area (Å²) in [7, 11) is 0. The highest BCUT2D eigenvalue weighted by Gasteiger charge is 2.27. The maximum Gasteiger partial charge on any atom is 0.0973 e. The second kappa shape index (κ2) is 5.28. The Balaban J connectivity index is 2.32. The lowest BCUT2D eigenvalue weighted by molar-refractivity contribution is -0.0773. The summed E-state index contributed by atoms with van der Waals surface area (Å²) < 4.78 is 5.75. The van der Waals surface area contributed by atoms with Gasteiger partial charge in [0.2, 0.25) is 0 Å². The molecule has 15 heavy (non-hydrogen) atoms. The highest BCUT2D eigenvalue weighted by atomic mass is 16.5. The Bertz CT molecular complexity index is 184. The molecular formula is C12H25NO2. The van der Waals surface area contributed by atoms with Gasteiger partial charge in [0.25, 0.3) is 0 Å². The Kier molecular flexibility index (Phi) is 4.56. The van der Waals surface area contributed by atoms with Gasteiger partial charge >= 0.3 is 0 Å². The van der Waals surface area contributed by atoms with E-state index in [4.69, 9.17) is 10.5 Å². The number of ether oxygens (including phenoxy) is 1. The maximum atomic E-state index is 9.74. The number of aliphatic hydroxyl groups is 1. The van der Waals surface area contributed by atoms with E-state index in [0.29, 0.717) is 12.7 Å². The number of hydrogen-bond donors (Lipinski definition) is 2. The zero-order valence-electron chi connectivity index (χ0n) is 10.2. The van der Waals surface area contributed by atoms with E-state index in [1.807, 2.05) is 0 Å². The van der Waals surface area contributed by atoms with Crippen LogP contribution in [0.4, 0.5) is 0 Å². The van der Waals surface area contributed by atoms with E-state index in [1.165, 1.54) is 6.42 Å². The van der Waals surface area contributed by atoms with Gasteiger partial charge in [-0.05, 0) is 38.0 Å². The molecule has 1 saturated carbocycles. The van der Waals surface area contributed by atoms with Gasteiger partial charge in [-0.3, -0.25) is 0 Å². The average molecular weight is 215 g/mol. The summed E-state index contributed by atoms with van der Waals surface area (Å²) in [6, 6.07) is 0. The van der Waals surface area contributed by atoms with E-state index in [1.54, 1.807) is 6.92 Å². The minimum absolute atomic E-state index is 0.255. The Hall–Kier alpha value is -0.120. The lowest BCUT2D eigenvalue weighted by atomic mass is 9.82. The van der Waals surface area contributed by atoms with Crippen molar-refractivity contribution in [3.8, 4) is 0 Å². The number of rotatable bonds is 4. The zero-order valence-corrected chi connectivity index (χ0v) is 10.2. The lowest BCUT2D eigenvalue weighted by Crippen LogP contribution is -2.41. The van der Waals surface area contributed by atoms with Gasteiger partial charge in [-0.2, -0.15) is 0 Å². The zero-order chi connectivity index (χ0) is 11.5. The Labute approximate surface area is 93.0 Å². The van der Waals surface area contributed by atoms with Crippen molar-refractivity contribution < 1.29 is 9.84 Å². The van der Waals surface area contributed by atoms with Gasteiger partial charge in [0.1, 0.15) is 0 Å². The number of nitrogens with two attached hydrogens (primary N) is 1. The minimum Gasteiger partial charge on any atom is -0.386 e. The molecule has 0 heterocycles. The van der Waals surface area contributed by atoms with Crippen molar-refractivity contribution in [1.82, 2.24) is 0 Å². The monoisotopic (exact) mass is 215 g/mol. The van der Waals surface area contributed by atoms with Gasteiger partial charge in [-0.25, -0.2) is 0 Å². The normalized spacial score (nSPS) is 36.2. The third-order valence-electron chi connectivity index (χ3n) is 3.20. The first-order valence-electron chi connectivity index (χ1n) is 5.97. The third kappa shape index (κ3) is 4.49. The van der Waals surface area contributed by atoms with Crippen LogP contribution in [-0.4, -0.2) is 30.0 Å². The van der Waals surface area contributed by atoms with Crippen LogP contribution in [-0.2, 0) is 4.74 Å². The highest BCUT2D eigenvalue weighted by Crippen LogP contribution is 2.30. The first kappa shape index (κ1) is 12.9. The molecule has 0 aromatic carbocycles. The third-order valence-corrected chi connectivity index (χ3v) is 3.20. The predicted molar refractivity (Wildman–Crippen MR) is 61.6 cm³/mol. The van der Waals surface area contributed by atoms with Crippen molar-refractivity contribution in [1.29, 1.82) is 0 Å². The quantitative estimate of drug-likeness (QED) is 0.748. The van der Waals surface area contributed by atoms with Gasteiger partial charge < -0.3 is 15.6 Å². The number of hydrogen-bond acceptors (Lipinski definition) is 3. The SMILES string of the molecule is CC1CC(C)CC(OCC(C)(O)CN)C1. The molecule has 1 fully saturated rings. The molecular weight excluding hydrogens is 190 g/mol. The Morgan fingerprint density at radius 2 is 1.80 bits per heavy atom. The topological polar surface area (TPSA) is 55.5 Å². The van der Waals surface area contributed by atoms with Crippen LogP contribution in [0.1, 0.15) is 40.0 Å². The summed E-state index contributed by atoms with van der Waals surface area (Å²) >= 11 is 0. The molecule has 0 radical (unpaired) electrons. The van der Waals surface area contributed by atoms with Crippen molar-refractivity contribution in [2.24, 2.45) is 17.6 Å². The summed E-state index contributed by atoms with van der Waals surface area (Å²) in [6.07, 6.45) is 3.84. The second-order valence-corrected chi connectivity index (χ2v) is 5.55. The van der Waals surface area contributed by atoms with Crippen LogP contribution < -0.4 is 5.73 Å². The van der Waals surface area contributed by atoms with Crippen molar-refractivity contribution in [3.63, 3.8) is 0 Å². The van der Waals surface area contributed by atoms with E-state index in [2.05, 4.69) is 13.8 Å². The van der Waals surface area contributed by atoms with Crippen LogP contribution in [0.5, 0.6) is 0 Å². The van der Waals surface area contributed by atoms with Crippen molar-refractivity contribution in [2.75, 3.05) is 13.2 Å². The van der Waals surface area contributed by atoms with E-state index in [-0.39, 0.29) is 6.54 Å². The largest absolute Gasteiger partial charge is 0.386 e. The molecule has 0 aromatic heterocycles. The summed E-state index contributed by atoms with van der Waals surface area (Å²) in [5.74, 6) is 1.48. The maximum absolute atomic E-state index is 9.74. The molecule has 3 N–H and O–H groups in total. The molecule has 1 aliphatic carbocycles. The molecule has 3 unspecified atom stereocenters. The van der Waals surface area contributed by atoms with Crippen LogP contribution in [0.3, 0.4) is 0 Å². The molecule has 0 bridgehead atoms. The van der Waals surface area contributed by atoms with Crippen LogP contribution in [0, 0.1) is 11.8 Å². The van der Waals surface area contributed by atoms with E-state index < -0.39 is 5.60 Å². The Morgan fingerprint density at radius 1 is 1.27 bits per heavy atom. The van der Waals surface area contributed by atoms with E-state index in [0.717, 1.165) is 24.7 Å². The van der Waals surface area contributed by atoms with Crippen LogP contribution >= 0.6 is 0 Å². The van der Waals surface area contributed by atoms with Gasteiger partial charge in [-0.15, -0.1) is 0 Å². The average Bonchev–Trinajstić information content (AvgIpc) is 2.14. The van der Waals surface area contributed by atoms with Gasteiger partial charge in [0, 0.05) is 6.54 Å². The van der Waals surface area contributed by atoms with E-state index in [9.17, 15) is 5.11 Å². The fourth-order valence-corrected chi connectivity index (χ4v) is 2.37. The predicted octanol–water partition coefficient (Wildman–Crippen LogP) is 1.54. The fraction of sp³-hybridized carbons (Fsp3) is 1.00. The summed E-state index contributed by atoms with van der Waals surface area (Å²) in [4.78, 5) is 0. The summed E-state index contributed by atoms with van der Waals surface area (Å²) in [5.41, 5.74) is 4.58. The second-order valence-electron chi connectivity index (χ2n) is 5.55. The minimum atomic E-state index is -0.871. The van der Waals surface area contributed by atoms with Gasteiger partial charge in [0.15, 0.2) is 0 Å². The molecule has 3 heteroatoms. The fourth-order valence-electron chi connectivity index (χ4n) is 2.37. The van der Waals surface area contributed by atoms with Gasteiger partial charge in [0.05, 0.1) is 18.3 Å². The van der Waals surface area contributed by atoms with Crippen molar-refractivity contribution in [2.45, 2.75) is 51.7 Å². The molecule has 0 aliphatic heterocycles. The molecule has 0 amide bonds. The first-order valence-corrected chi connectivity index (χ1v) is 5.97. The molecule has 0 aromatic rings. The molecule has 0 spiro atoms. The molecule has 3 nitrogen and oxygen atoms in total. The standard InChI is InChI=1S/C12H25NO2/c1-9-4-10(2)6-11(5-9)15-8-12(3,14)7-13/h9-11,14H,4-8,13H2,1-3H3. The Morgan fingerprint density at radius 3 is 2.27 bits per heavy atom. The lowest BCUT2D eigenvalue weighted by Gasteiger charge is -2.33.